The molecule has 0 radical (unpaired) electrons. The molecule has 6 aromatic carbocycles. The molecule has 0 aliphatic heterocycles. The Balaban J connectivity index is 1.05. The lowest BCUT2D eigenvalue weighted by Crippen LogP contribution is -2.17. The smallest absolute Gasteiger partial charge is 0.0541 e. The van der Waals surface area contributed by atoms with E-state index in [1.807, 2.05) is 0 Å². The number of nitrogens with zero attached hydrogens (tertiary/aromatic N) is 3. The molecule has 0 N–H and O–H groups in total. The zero-order valence-electron chi connectivity index (χ0n) is 29.7. The van der Waals surface area contributed by atoms with Gasteiger partial charge in [0.05, 0.1) is 16.6 Å². The number of hydrogen-bond donors (Lipinski definition) is 0. The molecule has 1 unspecified atom stereocenters. The van der Waals surface area contributed by atoms with E-state index in [-0.39, 0.29) is 5.92 Å². The van der Waals surface area contributed by atoms with Crippen LogP contribution in [-0.4, -0.2) is 9.13 Å². The molecule has 0 saturated heterocycles. The van der Waals surface area contributed by atoms with Gasteiger partial charge in [0.25, 0.3) is 0 Å². The van der Waals surface area contributed by atoms with Gasteiger partial charge in [-0.3, -0.25) is 0 Å². The van der Waals surface area contributed by atoms with Crippen LogP contribution in [0.1, 0.15) is 29.2 Å². The van der Waals surface area contributed by atoms with Crippen molar-refractivity contribution in [2.75, 3.05) is 4.90 Å². The van der Waals surface area contributed by atoms with Gasteiger partial charge in [0.2, 0.25) is 0 Å². The largest absolute Gasteiger partial charge is 0.347 e. The number of para-hydroxylation sites is 2. The lowest BCUT2D eigenvalue weighted by atomic mass is 9.90. The second-order valence-electron chi connectivity index (χ2n) is 14.2. The van der Waals surface area contributed by atoms with Crippen molar-refractivity contribution in [1.29, 1.82) is 0 Å². The quantitative estimate of drug-likeness (QED) is 0.170. The second-order valence-corrected chi connectivity index (χ2v) is 14.2. The Morgan fingerprint density at radius 3 is 2.21 bits per heavy atom. The van der Waals surface area contributed by atoms with Crippen LogP contribution in [0.5, 0.6) is 0 Å². The van der Waals surface area contributed by atoms with Crippen molar-refractivity contribution < 1.29 is 0 Å². The molecule has 2 aliphatic rings. The molecule has 0 bridgehead atoms. The number of fused-ring (bicyclic) bond motifs is 6. The summed E-state index contributed by atoms with van der Waals surface area (Å²) in [5, 5.41) is 3.87. The highest BCUT2D eigenvalue weighted by Crippen LogP contribution is 2.41. The van der Waals surface area contributed by atoms with Crippen LogP contribution in [0.15, 0.2) is 188 Å². The molecule has 2 aromatic heterocycles. The number of hydrogen-bond acceptors (Lipinski definition) is 1. The molecule has 2 heterocycles. The molecule has 3 heteroatoms. The summed E-state index contributed by atoms with van der Waals surface area (Å²) < 4.78 is 4.76. The minimum atomic E-state index is 0.283. The van der Waals surface area contributed by atoms with E-state index in [1.54, 1.807) is 0 Å². The Kier molecular flexibility index (Phi) is 7.58. The molecule has 0 fully saturated rings. The molecule has 0 saturated carbocycles. The van der Waals surface area contributed by atoms with Crippen molar-refractivity contribution in [1.82, 2.24) is 9.13 Å². The van der Waals surface area contributed by atoms with E-state index in [0.29, 0.717) is 0 Å². The summed E-state index contributed by atoms with van der Waals surface area (Å²) in [6.45, 7) is 0. The highest BCUT2D eigenvalue weighted by molar-refractivity contribution is 6.09. The van der Waals surface area contributed by atoms with E-state index in [1.165, 1.54) is 72.0 Å². The summed E-state index contributed by atoms with van der Waals surface area (Å²) in [5.41, 5.74) is 14.8. The normalized spacial score (nSPS) is 15.2. The fraction of sp³-hybridized carbons (Fsp3) is 0.0800. The lowest BCUT2D eigenvalue weighted by molar-refractivity contribution is 0.841. The van der Waals surface area contributed by atoms with Gasteiger partial charge in [-0.25, -0.2) is 0 Å². The molecule has 254 valence electrons. The van der Waals surface area contributed by atoms with Gasteiger partial charge in [0.1, 0.15) is 0 Å². The van der Waals surface area contributed by atoms with Crippen LogP contribution >= 0.6 is 0 Å². The topological polar surface area (TPSA) is 13.1 Å². The standard InChI is InChI=1S/C50H39N3/c1-51-47-22-10-4-9-20-43(47)45-30-29-42(34-50(45)51)52(41-19-13-16-37(32-41)35-14-5-2-6-15-35)40-27-24-36(25-28-40)38-26-31-49-46(33-38)44-21-11-12-23-48(44)53(49)39-17-7-3-8-18-39/h2-21,23-24,26-34,36H,22,25H2,1H3. The maximum Gasteiger partial charge on any atom is 0.0541 e. The van der Waals surface area contributed by atoms with E-state index >= 15 is 0 Å². The van der Waals surface area contributed by atoms with Crippen LogP contribution in [0.3, 0.4) is 0 Å². The van der Waals surface area contributed by atoms with Crippen LogP contribution in [0.2, 0.25) is 0 Å². The highest BCUT2D eigenvalue weighted by atomic mass is 15.1. The maximum atomic E-state index is 2.43. The second kappa shape index (κ2) is 12.9. The summed E-state index contributed by atoms with van der Waals surface area (Å²) in [6.07, 6.45) is 17.8. The van der Waals surface area contributed by atoms with Gasteiger partial charge < -0.3 is 14.0 Å². The molecular weight excluding hydrogens is 643 g/mol. The molecular formula is C50H39N3. The summed E-state index contributed by atoms with van der Waals surface area (Å²) in [6, 6.07) is 53.1. The first-order valence-corrected chi connectivity index (χ1v) is 18.6. The maximum absolute atomic E-state index is 2.43. The fourth-order valence-corrected chi connectivity index (χ4v) is 8.49. The minimum Gasteiger partial charge on any atom is -0.347 e. The first-order chi connectivity index (χ1) is 26.2. The van der Waals surface area contributed by atoms with E-state index in [2.05, 4.69) is 209 Å². The van der Waals surface area contributed by atoms with Crippen molar-refractivity contribution in [3.8, 4) is 16.8 Å². The number of anilines is 2. The monoisotopic (exact) mass is 681 g/mol. The van der Waals surface area contributed by atoms with Gasteiger partial charge >= 0.3 is 0 Å². The zero-order chi connectivity index (χ0) is 35.3. The molecule has 1 atom stereocenters. The van der Waals surface area contributed by atoms with E-state index in [0.717, 1.165) is 24.2 Å². The number of aryl methyl sites for hydroxylation is 1. The Hall–Kier alpha value is -6.58. The van der Waals surface area contributed by atoms with Crippen LogP contribution in [0.25, 0.3) is 55.6 Å². The van der Waals surface area contributed by atoms with E-state index in [9.17, 15) is 0 Å². The molecule has 0 amide bonds. The van der Waals surface area contributed by atoms with E-state index in [4.69, 9.17) is 0 Å². The zero-order valence-corrected chi connectivity index (χ0v) is 29.7. The van der Waals surface area contributed by atoms with Crippen LogP contribution < -0.4 is 4.90 Å². The van der Waals surface area contributed by atoms with Gasteiger partial charge in [-0.1, -0.05) is 127 Å². The van der Waals surface area contributed by atoms with Crippen molar-refractivity contribution >= 4 is 50.2 Å². The van der Waals surface area contributed by atoms with Gasteiger partial charge in [-0.15, -0.1) is 0 Å². The van der Waals surface area contributed by atoms with Gasteiger partial charge in [0, 0.05) is 69.6 Å². The third-order valence-corrected chi connectivity index (χ3v) is 11.1. The Morgan fingerprint density at radius 2 is 1.36 bits per heavy atom. The van der Waals surface area contributed by atoms with Crippen molar-refractivity contribution in [3.05, 3.63) is 205 Å². The third-order valence-electron chi connectivity index (χ3n) is 11.1. The fourth-order valence-electron chi connectivity index (χ4n) is 8.49. The number of rotatable bonds is 6. The predicted octanol–water partition coefficient (Wildman–Crippen LogP) is 12.8. The molecule has 53 heavy (non-hydrogen) atoms. The summed E-state index contributed by atoms with van der Waals surface area (Å²) in [4.78, 5) is 2.43. The number of allylic oxidation sites excluding steroid dienone is 6. The van der Waals surface area contributed by atoms with Gasteiger partial charge in [0.15, 0.2) is 0 Å². The van der Waals surface area contributed by atoms with Crippen molar-refractivity contribution in [2.45, 2.75) is 18.8 Å². The average molecular weight is 682 g/mol. The molecule has 3 nitrogen and oxygen atoms in total. The van der Waals surface area contributed by atoms with Crippen LogP contribution in [0.4, 0.5) is 11.4 Å². The van der Waals surface area contributed by atoms with Crippen molar-refractivity contribution in [2.24, 2.45) is 7.05 Å². The summed E-state index contributed by atoms with van der Waals surface area (Å²) in [7, 11) is 2.21. The van der Waals surface area contributed by atoms with Crippen molar-refractivity contribution in [3.63, 3.8) is 0 Å². The molecule has 0 spiro atoms. The Morgan fingerprint density at radius 1 is 0.585 bits per heavy atom. The molecule has 10 rings (SSSR count). The summed E-state index contributed by atoms with van der Waals surface area (Å²) >= 11 is 0. The predicted molar refractivity (Wildman–Crippen MR) is 224 cm³/mol. The van der Waals surface area contributed by atoms with Crippen LogP contribution in [0, 0.1) is 0 Å². The SMILES string of the molecule is Cn1c2c(c3ccc(N(C4=CCC(c5ccc6c(c5)c5ccccc5n6-c5ccccc5)C=C4)c4cccc(-c5ccccc5)c4)cc31)C=CC=CC2. The Labute approximate surface area is 310 Å². The number of aromatic nitrogens is 2. The minimum absolute atomic E-state index is 0.283. The molecule has 2 aliphatic carbocycles. The van der Waals surface area contributed by atoms with E-state index < -0.39 is 0 Å². The summed E-state index contributed by atoms with van der Waals surface area (Å²) in [5.74, 6) is 0.283. The lowest BCUT2D eigenvalue weighted by Gasteiger charge is -2.29. The number of benzene rings is 6. The van der Waals surface area contributed by atoms with Gasteiger partial charge in [-0.2, -0.15) is 0 Å². The average Bonchev–Trinajstić information content (AvgIpc) is 3.54. The first-order valence-electron chi connectivity index (χ1n) is 18.6. The van der Waals surface area contributed by atoms with Crippen LogP contribution in [-0.2, 0) is 13.5 Å². The molecule has 8 aromatic rings. The first kappa shape index (κ1) is 31.2. The van der Waals surface area contributed by atoms with Gasteiger partial charge in [-0.05, 0) is 83.8 Å². The third kappa shape index (κ3) is 5.36. The Bertz CT molecular complexity index is 2790. The highest BCUT2D eigenvalue weighted by Gasteiger charge is 2.22.